The van der Waals surface area contributed by atoms with E-state index >= 15 is 0 Å². The van der Waals surface area contributed by atoms with Crippen LogP contribution in [-0.2, 0) is 6.54 Å². The van der Waals surface area contributed by atoms with Gasteiger partial charge in [0.05, 0.1) is 39.0 Å². The molecule has 146 valence electrons. The van der Waals surface area contributed by atoms with Crippen molar-refractivity contribution in [2.75, 3.05) is 31.5 Å². The molecule has 0 aliphatic carbocycles. The van der Waals surface area contributed by atoms with Gasteiger partial charge in [-0.3, -0.25) is 0 Å². The fourth-order valence-electron chi connectivity index (χ4n) is 3.54. The molecule has 1 saturated heterocycles. The lowest BCUT2D eigenvalue weighted by Crippen LogP contribution is -3.12. The van der Waals surface area contributed by atoms with E-state index in [1.807, 2.05) is 30.3 Å². The summed E-state index contributed by atoms with van der Waals surface area (Å²) >= 11 is 11.9. The number of rotatable bonds is 6. The molecule has 0 unspecified atom stereocenters. The van der Waals surface area contributed by atoms with E-state index in [0.717, 1.165) is 30.1 Å². The average Bonchev–Trinajstić information content (AvgIpc) is 3.03. The summed E-state index contributed by atoms with van der Waals surface area (Å²) < 4.78 is 5.56. The second-order valence-corrected chi connectivity index (χ2v) is 8.13. The number of thiocarbonyl (C=S) groups is 1. The van der Waals surface area contributed by atoms with Crippen molar-refractivity contribution in [2.45, 2.75) is 39.2 Å². The van der Waals surface area contributed by atoms with E-state index in [-0.39, 0.29) is 0 Å². The first kappa shape index (κ1) is 20.2. The average molecular weight is 407 g/mol. The molecule has 0 amide bonds. The smallest absolute Gasteiger partial charge is 0.174 e. The number of aryl methyl sites for hydroxylation is 1. The Morgan fingerprint density at radius 1 is 1.22 bits per heavy atom. The minimum atomic E-state index is 0.672. The number of hydrogen-bond acceptors (Lipinski definition) is 2. The zero-order valence-electron chi connectivity index (χ0n) is 16.0. The zero-order chi connectivity index (χ0) is 19.1. The molecule has 0 saturated carbocycles. The van der Waals surface area contributed by atoms with Crippen LogP contribution in [0.5, 0.6) is 0 Å². The maximum absolute atomic E-state index is 6.16. The molecule has 0 spiro atoms. The number of nitrogens with one attached hydrogen (secondary N) is 2. The number of benzene rings is 1. The fraction of sp³-hybridized carbons (Fsp3) is 0.476. The molecular weight excluding hydrogens is 378 g/mol. The summed E-state index contributed by atoms with van der Waals surface area (Å²) in [5.41, 5.74) is 2.08. The SMILES string of the molecule is Cc1ccc(Cl)cc1NC(=S)N(CC[NH+]1CCCCCC1)Cc1ccco1. The minimum absolute atomic E-state index is 0.672. The highest BCUT2D eigenvalue weighted by atomic mass is 35.5. The Morgan fingerprint density at radius 2 is 2.00 bits per heavy atom. The standard InChI is InChI=1S/C21H28ClN3OS/c1-17-8-9-18(22)15-20(17)23-21(27)25(16-19-7-6-14-26-19)13-12-24-10-4-2-3-5-11-24/h6-9,14-15H,2-5,10-13,16H2,1H3,(H,23,27)/p+1. The number of quaternary nitrogens is 1. The summed E-state index contributed by atoms with van der Waals surface area (Å²) in [6.07, 6.45) is 7.11. The highest BCUT2D eigenvalue weighted by Gasteiger charge is 2.18. The van der Waals surface area contributed by atoms with Gasteiger partial charge in [-0.15, -0.1) is 0 Å². The molecule has 0 bridgehead atoms. The van der Waals surface area contributed by atoms with Crippen LogP contribution in [0.3, 0.4) is 0 Å². The number of halogens is 1. The molecule has 1 aliphatic heterocycles. The molecule has 1 aliphatic rings. The summed E-state index contributed by atoms with van der Waals surface area (Å²) in [6, 6.07) is 9.75. The first-order valence-electron chi connectivity index (χ1n) is 9.80. The van der Waals surface area contributed by atoms with E-state index in [1.165, 1.54) is 38.8 Å². The molecule has 27 heavy (non-hydrogen) atoms. The molecule has 0 radical (unpaired) electrons. The van der Waals surface area contributed by atoms with Gasteiger partial charge in [0.2, 0.25) is 0 Å². The van der Waals surface area contributed by atoms with Crippen LogP contribution in [0, 0.1) is 6.92 Å². The summed E-state index contributed by atoms with van der Waals surface area (Å²) in [5.74, 6) is 0.924. The third kappa shape index (κ3) is 6.23. The predicted molar refractivity (Wildman–Crippen MR) is 116 cm³/mol. The third-order valence-electron chi connectivity index (χ3n) is 5.20. The van der Waals surface area contributed by atoms with Crippen LogP contribution >= 0.6 is 23.8 Å². The van der Waals surface area contributed by atoms with Gasteiger partial charge in [0.15, 0.2) is 5.11 Å². The summed E-state index contributed by atoms with van der Waals surface area (Å²) in [5, 5.41) is 4.81. The first-order valence-corrected chi connectivity index (χ1v) is 10.6. The van der Waals surface area contributed by atoms with Crippen LogP contribution in [0.15, 0.2) is 41.0 Å². The third-order valence-corrected chi connectivity index (χ3v) is 5.80. The van der Waals surface area contributed by atoms with Crippen LogP contribution in [-0.4, -0.2) is 36.2 Å². The normalized spacial score (nSPS) is 15.3. The Balaban J connectivity index is 1.66. The lowest BCUT2D eigenvalue weighted by molar-refractivity contribution is -0.898. The molecule has 6 heteroatoms. The van der Waals surface area contributed by atoms with Crippen molar-refractivity contribution >= 4 is 34.6 Å². The predicted octanol–water partition coefficient (Wildman–Crippen LogP) is 3.90. The maximum Gasteiger partial charge on any atom is 0.174 e. The van der Waals surface area contributed by atoms with Gasteiger partial charge in [0, 0.05) is 10.7 Å². The largest absolute Gasteiger partial charge is 0.467 e. The molecule has 4 nitrogen and oxygen atoms in total. The Labute approximate surface area is 172 Å². The minimum Gasteiger partial charge on any atom is -0.467 e. The molecular formula is C21H29ClN3OS+. The number of furan rings is 1. The maximum atomic E-state index is 6.16. The number of nitrogens with zero attached hydrogens (tertiary/aromatic N) is 1. The van der Waals surface area contributed by atoms with Gasteiger partial charge in [-0.25, -0.2) is 0 Å². The van der Waals surface area contributed by atoms with Crippen molar-refractivity contribution in [1.29, 1.82) is 0 Å². The van der Waals surface area contributed by atoms with Gasteiger partial charge in [0.1, 0.15) is 5.76 Å². The van der Waals surface area contributed by atoms with Crippen molar-refractivity contribution in [3.05, 3.63) is 52.9 Å². The number of likely N-dealkylation sites (tertiary alicyclic amines) is 1. The van der Waals surface area contributed by atoms with Gasteiger partial charge in [0.25, 0.3) is 0 Å². The highest BCUT2D eigenvalue weighted by Crippen LogP contribution is 2.21. The molecule has 1 fully saturated rings. The van der Waals surface area contributed by atoms with Crippen LogP contribution < -0.4 is 10.2 Å². The van der Waals surface area contributed by atoms with Gasteiger partial charge in [-0.05, 0) is 74.7 Å². The first-order chi connectivity index (χ1) is 13.1. The lowest BCUT2D eigenvalue weighted by Gasteiger charge is -2.27. The molecule has 3 rings (SSSR count). The van der Waals surface area contributed by atoms with Crippen molar-refractivity contribution < 1.29 is 9.32 Å². The molecule has 2 aromatic rings. The van der Waals surface area contributed by atoms with Crippen molar-refractivity contribution in [2.24, 2.45) is 0 Å². The monoisotopic (exact) mass is 406 g/mol. The highest BCUT2D eigenvalue weighted by molar-refractivity contribution is 7.80. The Kier molecular flexibility index (Phi) is 7.56. The quantitative estimate of drug-likeness (QED) is 0.713. The van der Waals surface area contributed by atoms with E-state index in [9.17, 15) is 0 Å². The van der Waals surface area contributed by atoms with E-state index in [4.69, 9.17) is 28.2 Å². The van der Waals surface area contributed by atoms with Crippen LogP contribution in [0.4, 0.5) is 5.69 Å². The molecule has 1 aromatic heterocycles. The van der Waals surface area contributed by atoms with Crippen molar-refractivity contribution in [1.82, 2.24) is 4.90 Å². The van der Waals surface area contributed by atoms with E-state index in [2.05, 4.69) is 17.1 Å². The Morgan fingerprint density at radius 3 is 2.70 bits per heavy atom. The van der Waals surface area contributed by atoms with Crippen molar-refractivity contribution in [3.8, 4) is 0 Å². The lowest BCUT2D eigenvalue weighted by atomic mass is 10.2. The van der Waals surface area contributed by atoms with E-state index in [0.29, 0.717) is 16.7 Å². The van der Waals surface area contributed by atoms with Gasteiger partial charge < -0.3 is 19.5 Å². The topological polar surface area (TPSA) is 32.9 Å². The van der Waals surface area contributed by atoms with Crippen LogP contribution in [0.2, 0.25) is 5.02 Å². The van der Waals surface area contributed by atoms with Gasteiger partial charge in [-0.1, -0.05) is 17.7 Å². The summed E-state index contributed by atoms with van der Waals surface area (Å²) in [6.45, 7) is 7.26. The molecule has 2 heterocycles. The van der Waals surface area contributed by atoms with Crippen molar-refractivity contribution in [3.63, 3.8) is 0 Å². The fourth-order valence-corrected chi connectivity index (χ4v) is 3.98. The summed E-state index contributed by atoms with van der Waals surface area (Å²) in [4.78, 5) is 3.88. The molecule has 1 aromatic carbocycles. The molecule has 2 N–H and O–H groups in total. The van der Waals surface area contributed by atoms with E-state index < -0.39 is 0 Å². The second kappa shape index (κ2) is 10.1. The Hall–Kier alpha value is -1.56. The Bertz CT molecular complexity index is 727. The van der Waals surface area contributed by atoms with E-state index in [1.54, 1.807) is 11.2 Å². The van der Waals surface area contributed by atoms with Gasteiger partial charge >= 0.3 is 0 Å². The zero-order valence-corrected chi connectivity index (χ0v) is 17.5. The van der Waals surface area contributed by atoms with Crippen LogP contribution in [0.25, 0.3) is 0 Å². The van der Waals surface area contributed by atoms with Crippen LogP contribution in [0.1, 0.15) is 37.0 Å². The number of hydrogen-bond donors (Lipinski definition) is 2. The van der Waals surface area contributed by atoms with Gasteiger partial charge in [-0.2, -0.15) is 0 Å². The molecule has 0 atom stereocenters. The second-order valence-electron chi connectivity index (χ2n) is 7.30. The number of anilines is 1. The summed E-state index contributed by atoms with van der Waals surface area (Å²) in [7, 11) is 0.